The summed E-state index contributed by atoms with van der Waals surface area (Å²) in [6.45, 7) is 0.0624. The number of hydrogen-bond donors (Lipinski definition) is 1. The van der Waals surface area contributed by atoms with Crippen molar-refractivity contribution < 1.29 is 19.1 Å². The zero-order valence-electron chi connectivity index (χ0n) is 11.2. The van der Waals surface area contributed by atoms with Gasteiger partial charge in [-0.25, -0.2) is 9.78 Å². The Morgan fingerprint density at radius 2 is 2.27 bits per heavy atom. The summed E-state index contributed by atoms with van der Waals surface area (Å²) in [4.78, 5) is 16.3. The van der Waals surface area contributed by atoms with Gasteiger partial charge in [0.25, 0.3) is 0 Å². The third kappa shape index (κ3) is 3.20. The number of carbonyl (C=O) groups excluding carboxylic acids is 1. The zero-order valence-corrected chi connectivity index (χ0v) is 13.6. The molecule has 0 amide bonds. The quantitative estimate of drug-likeness (QED) is 0.686. The van der Waals surface area contributed by atoms with Gasteiger partial charge < -0.3 is 14.3 Å². The first-order valence-corrected chi connectivity index (χ1v) is 7.94. The molecule has 0 spiro atoms. The van der Waals surface area contributed by atoms with E-state index >= 15 is 0 Å². The highest BCUT2D eigenvalue weighted by molar-refractivity contribution is 9.10. The minimum atomic E-state index is -0.518. The number of halogens is 1. The summed E-state index contributed by atoms with van der Waals surface area (Å²) in [5, 5.41) is 12.1. The van der Waals surface area contributed by atoms with Crippen molar-refractivity contribution in [1.29, 1.82) is 0 Å². The summed E-state index contributed by atoms with van der Waals surface area (Å²) in [6.07, 6.45) is 1.58. The van der Waals surface area contributed by atoms with Crippen molar-refractivity contribution >= 4 is 33.2 Å². The molecule has 0 aliphatic rings. The molecule has 0 fully saturated rings. The number of carbonyl (C=O) groups is 1. The molecule has 0 atom stereocenters. The predicted octanol–water partition coefficient (Wildman–Crippen LogP) is 4.23. The van der Waals surface area contributed by atoms with Gasteiger partial charge in [-0.1, -0.05) is 0 Å². The normalized spacial score (nSPS) is 10.6. The third-order valence-corrected chi connectivity index (χ3v) is 4.39. The van der Waals surface area contributed by atoms with Crippen LogP contribution in [0.4, 0.5) is 0 Å². The average Bonchev–Trinajstić information content (AvgIpc) is 3.18. The zero-order chi connectivity index (χ0) is 15.5. The lowest BCUT2D eigenvalue weighted by molar-refractivity contribution is 0.0468. The van der Waals surface area contributed by atoms with Crippen molar-refractivity contribution in [1.82, 2.24) is 4.98 Å². The molecule has 2 heterocycles. The van der Waals surface area contributed by atoms with Crippen molar-refractivity contribution in [3.8, 4) is 16.5 Å². The molecule has 0 saturated heterocycles. The van der Waals surface area contributed by atoms with Gasteiger partial charge >= 0.3 is 5.97 Å². The lowest BCUT2D eigenvalue weighted by atomic mass is 10.2. The lowest BCUT2D eigenvalue weighted by Crippen LogP contribution is -2.05. The van der Waals surface area contributed by atoms with E-state index in [0.717, 1.165) is 5.01 Å². The van der Waals surface area contributed by atoms with E-state index in [0.29, 0.717) is 15.9 Å². The van der Waals surface area contributed by atoms with E-state index in [9.17, 15) is 9.90 Å². The highest BCUT2D eigenvalue weighted by atomic mass is 79.9. The molecule has 0 saturated carbocycles. The fraction of sp³-hybridized carbons (Fsp3) is 0.0667. The molecule has 2 aromatic heterocycles. The Bertz CT molecular complexity index is 798. The fourth-order valence-corrected chi connectivity index (χ4v) is 2.77. The van der Waals surface area contributed by atoms with Crippen LogP contribution in [0.1, 0.15) is 16.1 Å². The topological polar surface area (TPSA) is 72.6 Å². The number of hydrogen-bond acceptors (Lipinski definition) is 6. The van der Waals surface area contributed by atoms with Crippen LogP contribution in [0, 0.1) is 0 Å². The highest BCUT2D eigenvalue weighted by Gasteiger charge is 2.12. The summed E-state index contributed by atoms with van der Waals surface area (Å²) in [5.74, 6) is 0.152. The Morgan fingerprint density at radius 1 is 1.41 bits per heavy atom. The van der Waals surface area contributed by atoms with E-state index < -0.39 is 5.97 Å². The Morgan fingerprint density at radius 3 is 3.00 bits per heavy atom. The Balaban J connectivity index is 1.65. The van der Waals surface area contributed by atoms with Gasteiger partial charge in [0.15, 0.2) is 10.8 Å². The number of ether oxygens (including phenoxy) is 1. The second kappa shape index (κ2) is 6.33. The summed E-state index contributed by atoms with van der Waals surface area (Å²) in [7, 11) is 0. The molecule has 1 aromatic carbocycles. The van der Waals surface area contributed by atoms with E-state index in [1.54, 1.807) is 24.5 Å². The Hall–Kier alpha value is -2.12. The molecular weight excluding hydrogens is 370 g/mol. The van der Waals surface area contributed by atoms with Gasteiger partial charge in [-0.2, -0.15) is 0 Å². The number of aromatic hydroxyl groups is 1. The van der Waals surface area contributed by atoms with Gasteiger partial charge in [0.05, 0.1) is 22.0 Å². The molecule has 0 bridgehead atoms. The second-order valence-electron chi connectivity index (χ2n) is 4.36. The van der Waals surface area contributed by atoms with Gasteiger partial charge in [-0.15, -0.1) is 11.3 Å². The van der Waals surface area contributed by atoms with E-state index in [4.69, 9.17) is 9.15 Å². The second-order valence-corrected chi connectivity index (χ2v) is 6.08. The number of aromatic nitrogens is 1. The van der Waals surface area contributed by atoms with Crippen molar-refractivity contribution in [3.63, 3.8) is 0 Å². The van der Waals surface area contributed by atoms with Crippen LogP contribution in [0.2, 0.25) is 0 Å². The molecule has 5 nitrogen and oxygen atoms in total. The minimum Gasteiger partial charge on any atom is -0.507 e. The number of furan rings is 1. The molecule has 112 valence electrons. The van der Waals surface area contributed by atoms with E-state index in [1.165, 1.54) is 17.4 Å². The maximum atomic E-state index is 11.9. The van der Waals surface area contributed by atoms with Crippen LogP contribution in [-0.2, 0) is 11.3 Å². The highest BCUT2D eigenvalue weighted by Crippen LogP contribution is 2.26. The molecule has 0 radical (unpaired) electrons. The Labute approximate surface area is 138 Å². The van der Waals surface area contributed by atoms with Crippen molar-refractivity contribution in [2.45, 2.75) is 6.61 Å². The van der Waals surface area contributed by atoms with Crippen LogP contribution in [-0.4, -0.2) is 16.1 Å². The fourth-order valence-electron chi connectivity index (χ4n) is 1.75. The number of phenols is 1. The van der Waals surface area contributed by atoms with Crippen LogP contribution in [0.15, 0.2) is 50.9 Å². The van der Waals surface area contributed by atoms with Crippen LogP contribution >= 0.6 is 27.3 Å². The third-order valence-electron chi connectivity index (χ3n) is 2.82. The average molecular weight is 380 g/mol. The summed E-state index contributed by atoms with van der Waals surface area (Å²) < 4.78 is 11.0. The van der Waals surface area contributed by atoms with Gasteiger partial charge in [-0.3, -0.25) is 0 Å². The van der Waals surface area contributed by atoms with E-state index in [1.807, 2.05) is 11.4 Å². The molecule has 3 aromatic rings. The van der Waals surface area contributed by atoms with Gasteiger partial charge in [-0.05, 0) is 46.3 Å². The SMILES string of the molecule is O=C(OCc1csc(-c2ccco2)n1)c1ccc(Br)c(O)c1. The molecule has 0 unspecified atom stereocenters. The maximum Gasteiger partial charge on any atom is 0.338 e. The monoisotopic (exact) mass is 379 g/mol. The van der Waals surface area contributed by atoms with Gasteiger partial charge in [0, 0.05) is 5.38 Å². The smallest absolute Gasteiger partial charge is 0.338 e. The first-order valence-electron chi connectivity index (χ1n) is 6.27. The first kappa shape index (κ1) is 14.8. The van der Waals surface area contributed by atoms with Crippen LogP contribution in [0.3, 0.4) is 0 Å². The van der Waals surface area contributed by atoms with Crippen LogP contribution in [0.5, 0.6) is 5.75 Å². The van der Waals surface area contributed by atoms with Gasteiger partial charge in [0.1, 0.15) is 12.4 Å². The molecule has 7 heteroatoms. The van der Waals surface area contributed by atoms with E-state index in [2.05, 4.69) is 20.9 Å². The number of phenolic OH excluding ortho intramolecular Hbond substituents is 1. The largest absolute Gasteiger partial charge is 0.507 e. The summed E-state index contributed by atoms with van der Waals surface area (Å²) in [6, 6.07) is 8.11. The lowest BCUT2D eigenvalue weighted by Gasteiger charge is -2.04. The molecule has 1 N–H and O–H groups in total. The molecule has 22 heavy (non-hydrogen) atoms. The Kier molecular flexibility index (Phi) is 4.26. The number of rotatable bonds is 4. The first-order chi connectivity index (χ1) is 10.6. The maximum absolute atomic E-state index is 11.9. The molecule has 0 aliphatic carbocycles. The standard InChI is InChI=1S/C15H10BrNO4S/c16-11-4-3-9(6-12(11)18)15(19)21-7-10-8-22-14(17-10)13-2-1-5-20-13/h1-6,8,18H,7H2. The number of thiazole rings is 1. The number of benzene rings is 1. The summed E-state index contributed by atoms with van der Waals surface area (Å²) in [5.41, 5.74) is 0.924. The van der Waals surface area contributed by atoms with Crippen molar-refractivity contribution in [2.75, 3.05) is 0 Å². The number of nitrogens with zero attached hydrogens (tertiary/aromatic N) is 1. The molecule has 3 rings (SSSR count). The van der Waals surface area contributed by atoms with Crippen LogP contribution < -0.4 is 0 Å². The number of esters is 1. The van der Waals surface area contributed by atoms with E-state index in [-0.39, 0.29) is 17.9 Å². The molecular formula is C15H10BrNO4S. The van der Waals surface area contributed by atoms with Crippen molar-refractivity contribution in [3.05, 3.63) is 57.7 Å². The summed E-state index contributed by atoms with van der Waals surface area (Å²) >= 11 is 4.57. The predicted molar refractivity (Wildman–Crippen MR) is 84.7 cm³/mol. The van der Waals surface area contributed by atoms with Gasteiger partial charge in [0.2, 0.25) is 0 Å². The van der Waals surface area contributed by atoms with Crippen molar-refractivity contribution in [2.24, 2.45) is 0 Å². The minimum absolute atomic E-state index is 0.0109. The van der Waals surface area contributed by atoms with Crippen LogP contribution in [0.25, 0.3) is 10.8 Å². The molecule has 0 aliphatic heterocycles.